The molecule has 0 bridgehead atoms. The fourth-order valence-electron chi connectivity index (χ4n) is 2.93. The molecule has 0 spiro atoms. The predicted molar refractivity (Wildman–Crippen MR) is 121 cm³/mol. The number of carboxylic acids is 2. The third kappa shape index (κ3) is 10.6. The first-order chi connectivity index (χ1) is 15.7. The Bertz CT molecular complexity index is 759. The van der Waals surface area contributed by atoms with E-state index in [2.05, 4.69) is 16.0 Å². The lowest BCUT2D eigenvalue weighted by Crippen LogP contribution is -2.59. The molecular formula is C21H37N5O8. The minimum atomic E-state index is -1.51. The van der Waals surface area contributed by atoms with Gasteiger partial charge in [-0.1, -0.05) is 40.5 Å². The van der Waals surface area contributed by atoms with Crippen molar-refractivity contribution in [3.05, 3.63) is 0 Å². The van der Waals surface area contributed by atoms with Crippen LogP contribution in [-0.4, -0.2) is 69.9 Å². The zero-order valence-electron chi connectivity index (χ0n) is 20.0. The predicted octanol–water partition coefficient (Wildman–Crippen LogP) is -1.31. The number of nitrogens with two attached hydrogens (primary N) is 2. The largest absolute Gasteiger partial charge is 0.481 e. The lowest BCUT2D eigenvalue weighted by Gasteiger charge is -2.28. The number of carboxylic acid groups (broad SMARTS) is 2. The van der Waals surface area contributed by atoms with E-state index in [1.165, 1.54) is 0 Å². The third-order valence-corrected chi connectivity index (χ3v) is 5.66. The van der Waals surface area contributed by atoms with Crippen molar-refractivity contribution in [1.82, 2.24) is 16.0 Å². The standard InChI is InChI=1S/C21H37N5O8/c1-5-10(3)16(23)19(31)25-13(9-15(28)29)18(30)26-17(11(4)6-2)20(32)24-12(21(33)34)7-8-14(22)27/h10-13,16-17H,5-9,23H2,1-4H3,(H2,22,27)(H,24,32)(H,25,31)(H,26,30)(H,28,29)(H,33,34). The number of aliphatic carboxylic acids is 2. The highest BCUT2D eigenvalue weighted by Crippen LogP contribution is 2.11. The number of carbonyl (C=O) groups is 6. The van der Waals surface area contributed by atoms with Gasteiger partial charge in [0.1, 0.15) is 18.1 Å². The van der Waals surface area contributed by atoms with E-state index in [-0.39, 0.29) is 18.8 Å². The molecule has 0 aliphatic heterocycles. The Morgan fingerprint density at radius 1 is 0.794 bits per heavy atom. The van der Waals surface area contributed by atoms with Crippen LogP contribution in [0.1, 0.15) is 59.8 Å². The smallest absolute Gasteiger partial charge is 0.326 e. The summed E-state index contributed by atoms with van der Waals surface area (Å²) >= 11 is 0. The minimum absolute atomic E-state index is 0.222. The van der Waals surface area contributed by atoms with Crippen LogP contribution in [0.15, 0.2) is 0 Å². The first-order valence-corrected chi connectivity index (χ1v) is 11.1. The Morgan fingerprint density at radius 2 is 1.32 bits per heavy atom. The number of hydrogen-bond donors (Lipinski definition) is 7. The molecule has 0 rings (SSSR count). The van der Waals surface area contributed by atoms with Crippen molar-refractivity contribution in [2.24, 2.45) is 23.3 Å². The summed E-state index contributed by atoms with van der Waals surface area (Å²) < 4.78 is 0. The van der Waals surface area contributed by atoms with Gasteiger partial charge in [-0.2, -0.15) is 0 Å². The summed E-state index contributed by atoms with van der Waals surface area (Å²) in [7, 11) is 0. The van der Waals surface area contributed by atoms with E-state index >= 15 is 0 Å². The molecule has 0 aliphatic carbocycles. The van der Waals surface area contributed by atoms with Gasteiger partial charge in [-0.15, -0.1) is 0 Å². The monoisotopic (exact) mass is 487 g/mol. The van der Waals surface area contributed by atoms with Crippen molar-refractivity contribution < 1.29 is 39.0 Å². The second-order valence-corrected chi connectivity index (χ2v) is 8.35. The van der Waals surface area contributed by atoms with E-state index < -0.39 is 72.1 Å². The van der Waals surface area contributed by atoms with Crippen LogP contribution >= 0.6 is 0 Å². The molecule has 0 saturated carbocycles. The lowest BCUT2D eigenvalue weighted by molar-refractivity contribution is -0.144. The molecule has 34 heavy (non-hydrogen) atoms. The van der Waals surface area contributed by atoms with Gasteiger partial charge in [0, 0.05) is 6.42 Å². The number of primary amides is 1. The van der Waals surface area contributed by atoms with Crippen LogP contribution in [0, 0.1) is 11.8 Å². The lowest BCUT2D eigenvalue weighted by atomic mass is 9.96. The zero-order chi connectivity index (χ0) is 26.6. The van der Waals surface area contributed by atoms with Crippen molar-refractivity contribution in [2.75, 3.05) is 0 Å². The van der Waals surface area contributed by atoms with Gasteiger partial charge in [-0.25, -0.2) is 4.79 Å². The van der Waals surface area contributed by atoms with Crippen LogP contribution in [0.4, 0.5) is 0 Å². The van der Waals surface area contributed by atoms with Crippen LogP contribution in [-0.2, 0) is 28.8 Å². The fraction of sp³-hybridized carbons (Fsp3) is 0.714. The molecule has 0 fully saturated rings. The van der Waals surface area contributed by atoms with E-state index in [1.54, 1.807) is 20.8 Å². The maximum atomic E-state index is 12.9. The molecule has 13 heteroatoms. The van der Waals surface area contributed by atoms with Crippen molar-refractivity contribution >= 4 is 35.6 Å². The third-order valence-electron chi connectivity index (χ3n) is 5.66. The highest BCUT2D eigenvalue weighted by atomic mass is 16.4. The van der Waals surface area contributed by atoms with E-state index in [9.17, 15) is 39.0 Å². The van der Waals surface area contributed by atoms with Crippen LogP contribution < -0.4 is 27.4 Å². The van der Waals surface area contributed by atoms with E-state index in [0.29, 0.717) is 12.8 Å². The highest BCUT2D eigenvalue weighted by Gasteiger charge is 2.34. The van der Waals surface area contributed by atoms with Crippen LogP contribution in [0.3, 0.4) is 0 Å². The molecule has 0 radical (unpaired) electrons. The Kier molecular flexibility index (Phi) is 13.4. The number of rotatable bonds is 16. The Hall–Kier alpha value is -3.22. The van der Waals surface area contributed by atoms with Gasteiger partial charge >= 0.3 is 11.9 Å². The summed E-state index contributed by atoms with van der Waals surface area (Å²) in [6.45, 7) is 6.92. The summed E-state index contributed by atoms with van der Waals surface area (Å²) in [6, 6.07) is -5.13. The Balaban J connectivity index is 5.61. The quantitative estimate of drug-likeness (QED) is 0.137. The first kappa shape index (κ1) is 30.8. The van der Waals surface area contributed by atoms with Gasteiger partial charge in [-0.3, -0.25) is 24.0 Å². The number of carbonyl (C=O) groups excluding carboxylic acids is 4. The molecule has 6 unspecified atom stereocenters. The number of hydrogen-bond acceptors (Lipinski definition) is 7. The molecule has 0 heterocycles. The normalized spacial score (nSPS) is 16.1. The summed E-state index contributed by atoms with van der Waals surface area (Å²) in [5.41, 5.74) is 10.9. The molecule has 13 nitrogen and oxygen atoms in total. The summed E-state index contributed by atoms with van der Waals surface area (Å²) in [6.07, 6.45) is -0.285. The van der Waals surface area contributed by atoms with Gasteiger partial charge < -0.3 is 37.6 Å². The second-order valence-electron chi connectivity index (χ2n) is 8.35. The molecule has 0 aliphatic rings. The van der Waals surface area contributed by atoms with Gasteiger partial charge in [-0.05, 0) is 18.3 Å². The number of nitrogens with one attached hydrogen (secondary N) is 3. The summed E-state index contributed by atoms with van der Waals surface area (Å²) in [4.78, 5) is 71.8. The molecule has 0 aromatic rings. The van der Waals surface area contributed by atoms with Crippen molar-refractivity contribution in [3.63, 3.8) is 0 Å². The first-order valence-electron chi connectivity index (χ1n) is 11.1. The van der Waals surface area contributed by atoms with Crippen LogP contribution in [0.2, 0.25) is 0 Å². The second kappa shape index (κ2) is 14.8. The van der Waals surface area contributed by atoms with Gasteiger partial charge in [0.05, 0.1) is 12.5 Å². The molecule has 4 amide bonds. The average Bonchev–Trinajstić information content (AvgIpc) is 2.76. The van der Waals surface area contributed by atoms with Crippen LogP contribution in [0.25, 0.3) is 0 Å². The molecule has 6 atom stereocenters. The fourth-order valence-corrected chi connectivity index (χ4v) is 2.93. The molecule has 194 valence electrons. The maximum absolute atomic E-state index is 12.9. The summed E-state index contributed by atoms with van der Waals surface area (Å²) in [5, 5.41) is 25.5. The molecule has 0 aromatic carbocycles. The SMILES string of the molecule is CCC(C)C(N)C(=O)NC(CC(=O)O)C(=O)NC(C(=O)NC(CCC(N)=O)C(=O)O)C(C)CC. The van der Waals surface area contributed by atoms with Crippen molar-refractivity contribution in [2.45, 2.75) is 84.0 Å². The van der Waals surface area contributed by atoms with Crippen molar-refractivity contribution in [3.8, 4) is 0 Å². The van der Waals surface area contributed by atoms with Gasteiger partial charge in [0.2, 0.25) is 23.6 Å². The molecule has 0 saturated heterocycles. The minimum Gasteiger partial charge on any atom is -0.481 e. The van der Waals surface area contributed by atoms with Gasteiger partial charge in [0.15, 0.2) is 0 Å². The Labute approximate surface area is 198 Å². The molecule has 0 aromatic heterocycles. The highest BCUT2D eigenvalue weighted by molar-refractivity contribution is 5.95. The van der Waals surface area contributed by atoms with E-state index in [0.717, 1.165) is 0 Å². The average molecular weight is 488 g/mol. The van der Waals surface area contributed by atoms with Crippen molar-refractivity contribution in [1.29, 1.82) is 0 Å². The Morgan fingerprint density at radius 3 is 1.76 bits per heavy atom. The summed E-state index contributed by atoms with van der Waals surface area (Å²) in [5.74, 6) is -6.67. The molecular weight excluding hydrogens is 450 g/mol. The van der Waals surface area contributed by atoms with E-state index in [1.807, 2.05) is 6.92 Å². The van der Waals surface area contributed by atoms with Crippen LogP contribution in [0.5, 0.6) is 0 Å². The number of amides is 4. The topological polar surface area (TPSA) is 231 Å². The van der Waals surface area contributed by atoms with E-state index in [4.69, 9.17) is 11.5 Å². The maximum Gasteiger partial charge on any atom is 0.326 e. The zero-order valence-corrected chi connectivity index (χ0v) is 20.0. The molecule has 9 N–H and O–H groups in total. The van der Waals surface area contributed by atoms with Gasteiger partial charge in [0.25, 0.3) is 0 Å².